The van der Waals surface area contributed by atoms with Crippen LogP contribution in [0.3, 0.4) is 0 Å². The van der Waals surface area contributed by atoms with Gasteiger partial charge in [0, 0.05) is 12.1 Å². The number of anilines is 1. The van der Waals surface area contributed by atoms with E-state index in [1.54, 1.807) is 24.3 Å². The third-order valence-electron chi connectivity index (χ3n) is 4.04. The zero-order chi connectivity index (χ0) is 20.7. The molecule has 0 radical (unpaired) electrons. The van der Waals surface area contributed by atoms with Gasteiger partial charge in [-0.25, -0.2) is 21.2 Å². The molecule has 1 atom stereocenters. The minimum Gasteiger partial charge on any atom is -0.284 e. The summed E-state index contributed by atoms with van der Waals surface area (Å²) >= 11 is 5.84. The Morgan fingerprint density at radius 1 is 1.14 bits per heavy atom. The third-order valence-corrected chi connectivity index (χ3v) is 5.95. The molecule has 0 saturated heterocycles. The number of halogens is 2. The van der Waals surface area contributed by atoms with Crippen LogP contribution in [-0.4, -0.2) is 39.5 Å². The molecule has 1 aliphatic heterocycles. The summed E-state index contributed by atoms with van der Waals surface area (Å²) in [6.07, 6.45) is 2.28. The highest BCUT2D eigenvalue weighted by Crippen LogP contribution is 2.36. The van der Waals surface area contributed by atoms with Crippen molar-refractivity contribution < 1.29 is 21.2 Å². The van der Waals surface area contributed by atoms with E-state index in [4.69, 9.17) is 11.6 Å². The molecule has 0 amide bonds. The Bertz CT molecular complexity index is 1170. The molecule has 0 bridgehead atoms. The van der Waals surface area contributed by atoms with Crippen molar-refractivity contribution in [3.8, 4) is 0 Å². The molecule has 0 spiro atoms. The number of hydrogen-bond acceptors (Lipinski definition) is 5. The second kappa shape index (κ2) is 7.34. The lowest BCUT2D eigenvalue weighted by Gasteiger charge is -2.21. The predicted octanol–water partition coefficient (Wildman–Crippen LogP) is 2.96. The Labute approximate surface area is 167 Å². The van der Waals surface area contributed by atoms with Crippen LogP contribution in [0.15, 0.2) is 47.6 Å². The van der Waals surface area contributed by atoms with Crippen LogP contribution in [0.25, 0.3) is 0 Å². The van der Waals surface area contributed by atoms with E-state index in [2.05, 4.69) is 9.82 Å². The van der Waals surface area contributed by atoms with Crippen LogP contribution in [0.1, 0.15) is 23.6 Å². The first-order valence-corrected chi connectivity index (χ1v) is 12.2. The molecule has 0 fully saturated rings. The van der Waals surface area contributed by atoms with E-state index in [1.165, 1.54) is 18.2 Å². The number of hydrazone groups is 1. The van der Waals surface area contributed by atoms with Gasteiger partial charge in [0.2, 0.25) is 20.0 Å². The maximum Gasteiger partial charge on any atom is 0.247 e. The first-order valence-electron chi connectivity index (χ1n) is 8.04. The molecule has 28 heavy (non-hydrogen) atoms. The molecule has 2 aromatic rings. The van der Waals surface area contributed by atoms with Crippen molar-refractivity contribution >= 4 is 43.0 Å². The normalized spacial score (nSPS) is 17.5. The van der Waals surface area contributed by atoms with E-state index < -0.39 is 31.9 Å². The van der Waals surface area contributed by atoms with Gasteiger partial charge in [-0.2, -0.15) is 9.52 Å². The molecule has 0 aliphatic carbocycles. The van der Waals surface area contributed by atoms with Gasteiger partial charge in [-0.05, 0) is 35.4 Å². The van der Waals surface area contributed by atoms with Crippen LogP contribution in [0, 0.1) is 5.82 Å². The van der Waals surface area contributed by atoms with E-state index in [0.29, 0.717) is 22.5 Å². The quantitative estimate of drug-likeness (QED) is 0.765. The number of nitrogens with zero attached hydrogens (tertiary/aromatic N) is 2. The molecular weight excluding hydrogens is 429 g/mol. The highest BCUT2D eigenvalue weighted by Gasteiger charge is 2.34. The maximum absolute atomic E-state index is 13.5. The molecule has 2 aromatic carbocycles. The Morgan fingerprint density at radius 2 is 1.86 bits per heavy atom. The van der Waals surface area contributed by atoms with Gasteiger partial charge in [-0.15, -0.1) is 0 Å². The number of nitrogens with one attached hydrogen (secondary N) is 1. The van der Waals surface area contributed by atoms with Crippen LogP contribution >= 0.6 is 11.6 Å². The Kier molecular flexibility index (Phi) is 5.39. The van der Waals surface area contributed by atoms with Crippen LogP contribution in [0.2, 0.25) is 5.02 Å². The van der Waals surface area contributed by atoms with Crippen LogP contribution < -0.4 is 4.72 Å². The Morgan fingerprint density at radius 3 is 2.46 bits per heavy atom. The van der Waals surface area contributed by atoms with Gasteiger partial charge < -0.3 is 0 Å². The summed E-state index contributed by atoms with van der Waals surface area (Å²) in [5.74, 6) is -0.602. The smallest absolute Gasteiger partial charge is 0.247 e. The third kappa shape index (κ3) is 4.62. The van der Waals surface area contributed by atoms with Crippen molar-refractivity contribution in [1.29, 1.82) is 0 Å². The highest BCUT2D eigenvalue weighted by molar-refractivity contribution is 7.92. The average Bonchev–Trinajstić information content (AvgIpc) is 3.02. The molecule has 1 N–H and O–H groups in total. The first kappa shape index (κ1) is 20.6. The Balaban J connectivity index is 1.99. The molecule has 0 saturated carbocycles. The molecular formula is C17H17ClFN3O4S2. The molecule has 1 aliphatic rings. The Hall–Kier alpha value is -2.17. The van der Waals surface area contributed by atoms with Gasteiger partial charge in [0.1, 0.15) is 5.82 Å². The fourth-order valence-corrected chi connectivity index (χ4v) is 4.56. The minimum absolute atomic E-state index is 0.112. The first-order chi connectivity index (χ1) is 12.9. The SMILES string of the molecule is CS(=O)(=O)Nc1cccc(C2=NN(S(C)(=O)=O)[C@H](c3ccc(F)c(Cl)c3)C2)c1. The van der Waals surface area contributed by atoms with Gasteiger partial charge in [0.15, 0.2) is 0 Å². The van der Waals surface area contributed by atoms with E-state index in [9.17, 15) is 21.2 Å². The van der Waals surface area contributed by atoms with Crippen molar-refractivity contribution in [3.63, 3.8) is 0 Å². The standard InChI is InChI=1S/C17H17ClFN3O4S2/c1-27(23,24)21-13-5-3-4-11(8-13)16-10-17(22(20-16)28(2,25)26)12-6-7-15(19)14(18)9-12/h3-9,17,21H,10H2,1-2H3/t17-/m0/s1. The van der Waals surface area contributed by atoms with Crippen molar-refractivity contribution in [2.24, 2.45) is 5.10 Å². The molecule has 11 heteroatoms. The van der Waals surface area contributed by atoms with E-state index in [1.807, 2.05) is 0 Å². The fourth-order valence-electron chi connectivity index (χ4n) is 2.91. The highest BCUT2D eigenvalue weighted by atomic mass is 35.5. The summed E-state index contributed by atoms with van der Waals surface area (Å²) in [5.41, 5.74) is 1.86. The van der Waals surface area contributed by atoms with E-state index in [-0.39, 0.29) is 11.4 Å². The number of sulfonamides is 2. The zero-order valence-electron chi connectivity index (χ0n) is 14.9. The number of hydrogen-bond donors (Lipinski definition) is 1. The summed E-state index contributed by atoms with van der Waals surface area (Å²) < 4.78 is 64.1. The lowest BCUT2D eigenvalue weighted by molar-refractivity contribution is 0.374. The lowest BCUT2D eigenvalue weighted by atomic mass is 9.99. The largest absolute Gasteiger partial charge is 0.284 e. The monoisotopic (exact) mass is 445 g/mol. The van der Waals surface area contributed by atoms with Gasteiger partial charge in [0.25, 0.3) is 0 Å². The van der Waals surface area contributed by atoms with Crippen LogP contribution in [-0.2, 0) is 20.0 Å². The van der Waals surface area contributed by atoms with Crippen LogP contribution in [0.4, 0.5) is 10.1 Å². The van der Waals surface area contributed by atoms with Gasteiger partial charge in [-0.1, -0.05) is 29.8 Å². The number of rotatable bonds is 5. The molecule has 0 unspecified atom stereocenters. The van der Waals surface area contributed by atoms with Crippen molar-refractivity contribution in [2.75, 3.05) is 17.2 Å². The summed E-state index contributed by atoms with van der Waals surface area (Å²) in [6, 6.07) is 9.81. The van der Waals surface area contributed by atoms with Crippen LogP contribution in [0.5, 0.6) is 0 Å². The van der Waals surface area contributed by atoms with Crippen molar-refractivity contribution in [3.05, 3.63) is 64.4 Å². The summed E-state index contributed by atoms with van der Waals surface area (Å²) in [4.78, 5) is 0. The molecule has 1 heterocycles. The average molecular weight is 446 g/mol. The summed E-state index contributed by atoms with van der Waals surface area (Å²) in [5, 5.41) is 4.11. The molecule has 7 nitrogen and oxygen atoms in total. The molecule has 3 rings (SSSR count). The van der Waals surface area contributed by atoms with E-state index >= 15 is 0 Å². The van der Waals surface area contributed by atoms with E-state index in [0.717, 1.165) is 16.9 Å². The molecule has 0 aromatic heterocycles. The predicted molar refractivity (Wildman–Crippen MR) is 107 cm³/mol. The fraction of sp³-hybridized carbons (Fsp3) is 0.235. The van der Waals surface area contributed by atoms with Gasteiger partial charge in [-0.3, -0.25) is 4.72 Å². The topological polar surface area (TPSA) is 95.9 Å². The second-order valence-electron chi connectivity index (χ2n) is 6.43. The van der Waals surface area contributed by atoms with Gasteiger partial charge >= 0.3 is 0 Å². The maximum atomic E-state index is 13.5. The second-order valence-corrected chi connectivity index (χ2v) is 10.4. The number of benzene rings is 2. The minimum atomic E-state index is -3.71. The summed E-state index contributed by atoms with van der Waals surface area (Å²) in [7, 11) is -7.17. The zero-order valence-corrected chi connectivity index (χ0v) is 17.3. The van der Waals surface area contributed by atoms with Crippen molar-refractivity contribution in [1.82, 2.24) is 4.41 Å². The van der Waals surface area contributed by atoms with Crippen molar-refractivity contribution in [2.45, 2.75) is 12.5 Å². The summed E-state index contributed by atoms with van der Waals surface area (Å²) in [6.45, 7) is 0. The lowest BCUT2D eigenvalue weighted by Crippen LogP contribution is -2.25. The van der Waals surface area contributed by atoms with Gasteiger partial charge in [0.05, 0.1) is 29.3 Å². The molecule has 150 valence electrons.